The van der Waals surface area contributed by atoms with E-state index in [0.29, 0.717) is 0 Å². The predicted molar refractivity (Wildman–Crippen MR) is 69.0 cm³/mol. The van der Waals surface area contributed by atoms with Crippen LogP contribution in [0.15, 0.2) is 28.7 Å². The van der Waals surface area contributed by atoms with Crippen molar-refractivity contribution in [3.63, 3.8) is 0 Å². The molecule has 1 rings (SSSR count). The minimum absolute atomic E-state index is 0.0538. The molecular weight excluding hydrogens is 268 g/mol. The number of hydrogen-bond acceptors (Lipinski definition) is 2. The number of nitrogens with two attached hydrogens (primary N) is 1. The number of carbonyl (C=O) groups excluding carboxylic acids is 1. The van der Waals surface area contributed by atoms with Gasteiger partial charge >= 0.3 is 0 Å². The summed E-state index contributed by atoms with van der Waals surface area (Å²) in [4.78, 5) is 11.2. The normalized spacial score (nSPS) is 13.5. The summed E-state index contributed by atoms with van der Waals surface area (Å²) in [6, 6.07) is 7.97. The van der Waals surface area contributed by atoms with Crippen molar-refractivity contribution in [3.05, 3.63) is 34.3 Å². The summed E-state index contributed by atoms with van der Waals surface area (Å²) in [6.45, 7) is 5.57. The average molecular weight is 285 g/mol. The Morgan fingerprint density at radius 3 is 2.50 bits per heavy atom. The number of halogens is 1. The highest BCUT2D eigenvalue weighted by atomic mass is 79.9. The van der Waals surface area contributed by atoms with Gasteiger partial charge in [0.1, 0.15) is 0 Å². The summed E-state index contributed by atoms with van der Waals surface area (Å²) >= 11 is 3.49. The summed E-state index contributed by atoms with van der Waals surface area (Å²) < 4.78 is 1.02. The number of amides is 1. The van der Waals surface area contributed by atoms with Crippen LogP contribution in [0.25, 0.3) is 0 Å². The van der Waals surface area contributed by atoms with Crippen molar-refractivity contribution in [2.75, 3.05) is 0 Å². The predicted octanol–water partition coefficient (Wildman–Crippen LogP) is 2.36. The molecule has 0 fully saturated rings. The Morgan fingerprint density at radius 2 is 2.00 bits per heavy atom. The van der Waals surface area contributed by atoms with Crippen molar-refractivity contribution in [3.8, 4) is 0 Å². The molecule has 1 atom stereocenters. The fourth-order valence-corrected chi connectivity index (χ4v) is 2.14. The summed E-state index contributed by atoms with van der Waals surface area (Å²) in [5.74, 6) is -0.355. The number of benzene rings is 1. The van der Waals surface area contributed by atoms with Crippen LogP contribution in [0.4, 0.5) is 0 Å². The van der Waals surface area contributed by atoms with E-state index < -0.39 is 5.54 Å². The van der Waals surface area contributed by atoms with E-state index in [9.17, 15) is 4.79 Å². The van der Waals surface area contributed by atoms with Gasteiger partial charge in [0.15, 0.2) is 0 Å². The molecule has 0 radical (unpaired) electrons. The zero-order valence-corrected chi connectivity index (χ0v) is 11.3. The highest BCUT2D eigenvalue weighted by Crippen LogP contribution is 2.24. The summed E-state index contributed by atoms with van der Waals surface area (Å²) in [5, 5.41) is 3.21. The lowest BCUT2D eigenvalue weighted by atomic mass is 10.0. The maximum absolute atomic E-state index is 11.2. The third-order valence-electron chi connectivity index (χ3n) is 2.57. The van der Waals surface area contributed by atoms with Crippen LogP contribution >= 0.6 is 15.9 Å². The zero-order valence-electron chi connectivity index (χ0n) is 9.75. The molecule has 0 aliphatic heterocycles. The fourth-order valence-electron chi connectivity index (χ4n) is 1.52. The highest BCUT2D eigenvalue weighted by molar-refractivity contribution is 9.10. The van der Waals surface area contributed by atoms with Crippen LogP contribution < -0.4 is 11.1 Å². The van der Waals surface area contributed by atoms with Gasteiger partial charge < -0.3 is 5.73 Å². The SMILES string of the molecule is CC(NC(C)(C)C(N)=O)c1ccccc1Br. The Hall–Kier alpha value is -0.870. The van der Waals surface area contributed by atoms with E-state index >= 15 is 0 Å². The third kappa shape index (κ3) is 3.06. The van der Waals surface area contributed by atoms with Crippen molar-refractivity contribution in [1.29, 1.82) is 0 Å². The quantitative estimate of drug-likeness (QED) is 0.892. The van der Waals surface area contributed by atoms with E-state index in [4.69, 9.17) is 5.73 Å². The van der Waals surface area contributed by atoms with Crippen LogP contribution in [-0.2, 0) is 4.79 Å². The van der Waals surface area contributed by atoms with Gasteiger partial charge in [0.25, 0.3) is 0 Å². The maximum Gasteiger partial charge on any atom is 0.237 e. The van der Waals surface area contributed by atoms with Crippen molar-refractivity contribution < 1.29 is 4.79 Å². The number of hydrogen-bond donors (Lipinski definition) is 2. The highest BCUT2D eigenvalue weighted by Gasteiger charge is 2.27. The summed E-state index contributed by atoms with van der Waals surface area (Å²) in [7, 11) is 0. The summed E-state index contributed by atoms with van der Waals surface area (Å²) in [6.07, 6.45) is 0. The minimum Gasteiger partial charge on any atom is -0.368 e. The molecule has 88 valence electrons. The molecule has 0 saturated heterocycles. The molecule has 3 nitrogen and oxygen atoms in total. The first-order valence-electron chi connectivity index (χ1n) is 5.16. The first-order valence-corrected chi connectivity index (χ1v) is 5.96. The van der Waals surface area contributed by atoms with E-state index in [2.05, 4.69) is 21.2 Å². The Balaban J connectivity index is 2.85. The van der Waals surface area contributed by atoms with E-state index in [1.54, 1.807) is 13.8 Å². The molecule has 3 N–H and O–H groups in total. The van der Waals surface area contributed by atoms with Gasteiger partial charge in [0.2, 0.25) is 5.91 Å². The minimum atomic E-state index is -0.714. The zero-order chi connectivity index (χ0) is 12.3. The Labute approximate surface area is 105 Å². The van der Waals surface area contributed by atoms with Crippen molar-refractivity contribution in [2.24, 2.45) is 5.73 Å². The van der Waals surface area contributed by atoms with Gasteiger partial charge in [-0.2, -0.15) is 0 Å². The average Bonchev–Trinajstić information content (AvgIpc) is 2.17. The second-order valence-electron chi connectivity index (χ2n) is 4.38. The lowest BCUT2D eigenvalue weighted by molar-refractivity contribution is -0.123. The molecule has 1 unspecified atom stereocenters. The fraction of sp³-hybridized carbons (Fsp3) is 0.417. The number of primary amides is 1. The molecule has 0 spiro atoms. The van der Waals surface area contributed by atoms with E-state index in [-0.39, 0.29) is 11.9 Å². The van der Waals surface area contributed by atoms with Crippen LogP contribution in [0.3, 0.4) is 0 Å². The Morgan fingerprint density at radius 1 is 1.44 bits per heavy atom. The topological polar surface area (TPSA) is 55.1 Å². The van der Waals surface area contributed by atoms with Gasteiger partial charge in [-0.3, -0.25) is 10.1 Å². The van der Waals surface area contributed by atoms with Crippen LogP contribution in [-0.4, -0.2) is 11.4 Å². The molecule has 0 aliphatic carbocycles. The standard InChI is InChI=1S/C12H17BrN2O/c1-8(15-12(2,3)11(14)16)9-6-4-5-7-10(9)13/h4-8,15H,1-3H3,(H2,14,16). The van der Waals surface area contributed by atoms with Gasteiger partial charge in [-0.25, -0.2) is 0 Å². The van der Waals surface area contributed by atoms with Crippen LogP contribution in [0.2, 0.25) is 0 Å². The first-order chi connectivity index (χ1) is 7.34. The lowest BCUT2D eigenvalue weighted by Gasteiger charge is -2.27. The largest absolute Gasteiger partial charge is 0.368 e. The molecule has 0 bridgehead atoms. The van der Waals surface area contributed by atoms with E-state index in [1.165, 1.54) is 0 Å². The number of rotatable bonds is 4. The molecule has 1 amide bonds. The second-order valence-corrected chi connectivity index (χ2v) is 5.23. The Bertz CT molecular complexity index is 390. The van der Waals surface area contributed by atoms with E-state index in [0.717, 1.165) is 10.0 Å². The lowest BCUT2D eigenvalue weighted by Crippen LogP contribution is -2.51. The smallest absolute Gasteiger partial charge is 0.237 e. The molecule has 1 aromatic carbocycles. The molecule has 0 heterocycles. The van der Waals surface area contributed by atoms with Crippen molar-refractivity contribution in [1.82, 2.24) is 5.32 Å². The second kappa shape index (κ2) is 4.97. The van der Waals surface area contributed by atoms with Gasteiger partial charge in [0.05, 0.1) is 5.54 Å². The van der Waals surface area contributed by atoms with Gasteiger partial charge in [-0.05, 0) is 32.4 Å². The number of carbonyl (C=O) groups is 1. The molecule has 4 heteroatoms. The van der Waals surface area contributed by atoms with Crippen molar-refractivity contribution in [2.45, 2.75) is 32.4 Å². The number of nitrogens with one attached hydrogen (secondary N) is 1. The van der Waals surface area contributed by atoms with Crippen LogP contribution in [0.1, 0.15) is 32.4 Å². The Kier molecular flexibility index (Phi) is 4.10. The molecule has 0 saturated carbocycles. The maximum atomic E-state index is 11.2. The first kappa shape index (κ1) is 13.2. The van der Waals surface area contributed by atoms with Gasteiger partial charge in [-0.1, -0.05) is 34.1 Å². The van der Waals surface area contributed by atoms with Gasteiger partial charge in [-0.15, -0.1) is 0 Å². The summed E-state index contributed by atoms with van der Waals surface area (Å²) in [5.41, 5.74) is 5.72. The van der Waals surface area contributed by atoms with Crippen LogP contribution in [0.5, 0.6) is 0 Å². The molecule has 0 aromatic heterocycles. The molecule has 0 aliphatic rings. The van der Waals surface area contributed by atoms with Crippen LogP contribution in [0, 0.1) is 0 Å². The van der Waals surface area contributed by atoms with Gasteiger partial charge in [0, 0.05) is 10.5 Å². The molecule has 1 aromatic rings. The van der Waals surface area contributed by atoms with Crippen molar-refractivity contribution >= 4 is 21.8 Å². The third-order valence-corrected chi connectivity index (χ3v) is 3.29. The molecule has 16 heavy (non-hydrogen) atoms. The van der Waals surface area contributed by atoms with E-state index in [1.807, 2.05) is 31.2 Å². The molecular formula is C12H17BrN2O. The monoisotopic (exact) mass is 284 g/mol.